The molecule has 0 atom stereocenters. The van der Waals surface area contributed by atoms with E-state index in [1.807, 2.05) is 0 Å². The van der Waals surface area contributed by atoms with E-state index in [-0.39, 0.29) is 18.3 Å². The van der Waals surface area contributed by atoms with Crippen LogP contribution in [-0.2, 0) is 0 Å². The standard InChI is InChI=1S/C12H17N5O2/c13-10-9-11(15-6-14-10)17(12(19)16-9)8-3-1-7(5-18)2-4-8/h6-8,18H,1-5H2,(H,16,19)(H2,13,14,15). The van der Waals surface area contributed by atoms with E-state index in [1.54, 1.807) is 4.57 Å². The zero-order valence-corrected chi connectivity index (χ0v) is 10.5. The summed E-state index contributed by atoms with van der Waals surface area (Å²) in [6, 6.07) is 0.123. The third-order valence-electron chi connectivity index (χ3n) is 3.98. The molecular formula is C12H17N5O2. The van der Waals surface area contributed by atoms with Crippen LogP contribution in [0.4, 0.5) is 5.82 Å². The van der Waals surface area contributed by atoms with Crippen LogP contribution < -0.4 is 11.4 Å². The normalized spacial score (nSPS) is 23.8. The van der Waals surface area contributed by atoms with Gasteiger partial charge in [-0.1, -0.05) is 0 Å². The quantitative estimate of drug-likeness (QED) is 0.727. The number of aliphatic hydroxyl groups excluding tert-OH is 1. The molecule has 1 aliphatic carbocycles. The van der Waals surface area contributed by atoms with Gasteiger partial charge in [0.2, 0.25) is 0 Å². The van der Waals surface area contributed by atoms with Crippen molar-refractivity contribution >= 4 is 17.0 Å². The number of rotatable bonds is 2. The van der Waals surface area contributed by atoms with Gasteiger partial charge in [-0.15, -0.1) is 0 Å². The first-order chi connectivity index (χ1) is 9.20. The molecule has 0 bridgehead atoms. The van der Waals surface area contributed by atoms with E-state index in [0.717, 1.165) is 25.7 Å². The lowest BCUT2D eigenvalue weighted by molar-refractivity contribution is 0.169. The van der Waals surface area contributed by atoms with E-state index in [2.05, 4.69) is 15.0 Å². The molecule has 2 heterocycles. The molecule has 1 saturated carbocycles. The van der Waals surface area contributed by atoms with E-state index in [1.165, 1.54) is 6.33 Å². The number of aromatic amines is 1. The number of nitrogens with zero attached hydrogens (tertiary/aromatic N) is 3. The molecular weight excluding hydrogens is 246 g/mol. The SMILES string of the molecule is Nc1ncnc2c1[nH]c(=O)n2C1CCC(CO)CC1. The minimum absolute atomic E-state index is 0.123. The Hall–Kier alpha value is -1.89. The Balaban J connectivity index is 1.99. The molecule has 7 heteroatoms. The van der Waals surface area contributed by atoms with Crippen molar-refractivity contribution in [2.24, 2.45) is 5.92 Å². The highest BCUT2D eigenvalue weighted by molar-refractivity contribution is 5.81. The van der Waals surface area contributed by atoms with Crippen molar-refractivity contribution in [2.75, 3.05) is 12.3 Å². The molecule has 102 valence electrons. The van der Waals surface area contributed by atoms with Crippen molar-refractivity contribution in [3.63, 3.8) is 0 Å². The average molecular weight is 263 g/mol. The predicted octanol–water partition coefficient (Wildman–Crippen LogP) is 0.425. The Bertz CT molecular complexity index is 639. The maximum absolute atomic E-state index is 12.1. The summed E-state index contributed by atoms with van der Waals surface area (Å²) in [5, 5.41) is 9.16. The van der Waals surface area contributed by atoms with Crippen LogP contribution in [0.1, 0.15) is 31.7 Å². The predicted molar refractivity (Wildman–Crippen MR) is 70.6 cm³/mol. The number of aliphatic hydroxyl groups is 1. The summed E-state index contributed by atoms with van der Waals surface area (Å²) in [4.78, 5) is 22.9. The number of anilines is 1. The molecule has 3 rings (SSSR count). The summed E-state index contributed by atoms with van der Waals surface area (Å²) in [6.07, 6.45) is 4.99. The van der Waals surface area contributed by atoms with Gasteiger partial charge in [0.15, 0.2) is 11.5 Å². The third-order valence-corrected chi connectivity index (χ3v) is 3.98. The molecule has 0 saturated heterocycles. The maximum atomic E-state index is 12.1. The second kappa shape index (κ2) is 4.65. The summed E-state index contributed by atoms with van der Waals surface area (Å²) in [5.74, 6) is 0.654. The van der Waals surface area contributed by atoms with Gasteiger partial charge in [0.1, 0.15) is 11.8 Å². The van der Waals surface area contributed by atoms with Crippen LogP contribution in [0.3, 0.4) is 0 Å². The highest BCUT2D eigenvalue weighted by atomic mass is 16.3. The maximum Gasteiger partial charge on any atom is 0.328 e. The summed E-state index contributed by atoms with van der Waals surface area (Å²) in [5.41, 5.74) is 6.64. The number of nitrogens with two attached hydrogens (primary N) is 1. The van der Waals surface area contributed by atoms with Crippen LogP contribution in [0.25, 0.3) is 11.2 Å². The lowest BCUT2D eigenvalue weighted by Gasteiger charge is -2.27. The van der Waals surface area contributed by atoms with Crippen molar-refractivity contribution in [1.82, 2.24) is 19.5 Å². The summed E-state index contributed by atoms with van der Waals surface area (Å²) in [7, 11) is 0. The monoisotopic (exact) mass is 263 g/mol. The first-order valence-electron chi connectivity index (χ1n) is 6.52. The third kappa shape index (κ3) is 1.99. The number of fused-ring (bicyclic) bond motifs is 1. The molecule has 0 unspecified atom stereocenters. The van der Waals surface area contributed by atoms with Crippen molar-refractivity contribution in [3.8, 4) is 0 Å². The Morgan fingerprint density at radius 3 is 2.79 bits per heavy atom. The van der Waals surface area contributed by atoms with Gasteiger partial charge in [0.05, 0.1) is 0 Å². The minimum Gasteiger partial charge on any atom is -0.396 e. The van der Waals surface area contributed by atoms with Gasteiger partial charge in [0, 0.05) is 12.6 Å². The van der Waals surface area contributed by atoms with Gasteiger partial charge in [0.25, 0.3) is 0 Å². The lowest BCUT2D eigenvalue weighted by atomic mass is 9.86. The topological polar surface area (TPSA) is 110 Å². The fourth-order valence-corrected chi connectivity index (χ4v) is 2.88. The molecule has 19 heavy (non-hydrogen) atoms. The fraction of sp³-hybridized carbons (Fsp3) is 0.583. The van der Waals surface area contributed by atoms with Crippen LogP contribution in [0, 0.1) is 5.92 Å². The largest absolute Gasteiger partial charge is 0.396 e. The van der Waals surface area contributed by atoms with Crippen LogP contribution in [0.5, 0.6) is 0 Å². The van der Waals surface area contributed by atoms with E-state index in [0.29, 0.717) is 22.9 Å². The molecule has 0 aliphatic heterocycles. The molecule has 2 aromatic heterocycles. The Kier molecular flexibility index (Phi) is 2.98. The molecule has 1 fully saturated rings. The number of nitrogen functional groups attached to an aromatic ring is 1. The van der Waals surface area contributed by atoms with Crippen LogP contribution in [0.15, 0.2) is 11.1 Å². The molecule has 0 amide bonds. The molecule has 4 N–H and O–H groups in total. The highest BCUT2D eigenvalue weighted by Gasteiger charge is 2.25. The van der Waals surface area contributed by atoms with Gasteiger partial charge in [-0.05, 0) is 31.6 Å². The van der Waals surface area contributed by atoms with E-state index < -0.39 is 0 Å². The van der Waals surface area contributed by atoms with Gasteiger partial charge in [-0.25, -0.2) is 14.8 Å². The molecule has 2 aromatic rings. The summed E-state index contributed by atoms with van der Waals surface area (Å²) < 4.78 is 1.68. The van der Waals surface area contributed by atoms with Gasteiger partial charge >= 0.3 is 5.69 Å². The van der Waals surface area contributed by atoms with E-state index in [4.69, 9.17) is 10.8 Å². The van der Waals surface area contributed by atoms with Crippen LogP contribution in [-0.4, -0.2) is 31.2 Å². The Labute approximate surface area is 109 Å². The Morgan fingerprint density at radius 1 is 1.37 bits per heavy atom. The molecule has 7 nitrogen and oxygen atoms in total. The summed E-state index contributed by atoms with van der Waals surface area (Å²) >= 11 is 0. The molecule has 1 aliphatic rings. The van der Waals surface area contributed by atoms with Crippen LogP contribution >= 0.6 is 0 Å². The van der Waals surface area contributed by atoms with Crippen LogP contribution in [0.2, 0.25) is 0 Å². The minimum atomic E-state index is -0.186. The van der Waals surface area contributed by atoms with Crippen molar-refractivity contribution in [2.45, 2.75) is 31.7 Å². The number of imidazole rings is 1. The Morgan fingerprint density at radius 2 is 2.11 bits per heavy atom. The van der Waals surface area contributed by atoms with E-state index in [9.17, 15) is 4.79 Å². The van der Waals surface area contributed by atoms with Gasteiger partial charge < -0.3 is 15.8 Å². The molecule has 0 radical (unpaired) electrons. The smallest absolute Gasteiger partial charge is 0.328 e. The van der Waals surface area contributed by atoms with Crippen molar-refractivity contribution in [1.29, 1.82) is 0 Å². The number of H-pyrrole nitrogens is 1. The fourth-order valence-electron chi connectivity index (χ4n) is 2.88. The average Bonchev–Trinajstić information content (AvgIpc) is 2.77. The van der Waals surface area contributed by atoms with Crippen molar-refractivity contribution in [3.05, 3.63) is 16.8 Å². The molecule has 0 spiro atoms. The highest BCUT2D eigenvalue weighted by Crippen LogP contribution is 2.32. The number of hydrogen-bond donors (Lipinski definition) is 3. The van der Waals surface area contributed by atoms with Gasteiger partial charge in [-0.2, -0.15) is 0 Å². The molecule has 0 aromatic carbocycles. The first-order valence-corrected chi connectivity index (χ1v) is 6.52. The second-order valence-corrected chi connectivity index (χ2v) is 5.11. The van der Waals surface area contributed by atoms with E-state index >= 15 is 0 Å². The number of aromatic nitrogens is 4. The van der Waals surface area contributed by atoms with Gasteiger partial charge in [-0.3, -0.25) is 4.57 Å². The number of hydrogen-bond acceptors (Lipinski definition) is 5. The lowest BCUT2D eigenvalue weighted by Crippen LogP contribution is -2.27. The zero-order valence-electron chi connectivity index (χ0n) is 10.5. The first kappa shape index (κ1) is 12.2. The van der Waals surface area contributed by atoms with Crippen molar-refractivity contribution < 1.29 is 5.11 Å². The second-order valence-electron chi connectivity index (χ2n) is 5.11. The zero-order chi connectivity index (χ0) is 13.4. The summed E-state index contributed by atoms with van der Waals surface area (Å²) in [6.45, 7) is 0.227. The number of nitrogens with one attached hydrogen (secondary N) is 1.